The van der Waals surface area contributed by atoms with Crippen LogP contribution in [0.1, 0.15) is 23.0 Å². The molecule has 0 saturated carbocycles. The molecular formula is C13H16BrN5O. The van der Waals surface area contributed by atoms with Crippen LogP contribution >= 0.6 is 15.9 Å². The molecule has 0 aliphatic rings. The summed E-state index contributed by atoms with van der Waals surface area (Å²) in [7, 11) is 0. The Hall–Kier alpha value is -1.89. The lowest BCUT2D eigenvalue weighted by molar-refractivity contribution is 0.0954. The zero-order valence-electron chi connectivity index (χ0n) is 11.1. The second kappa shape index (κ2) is 7.04. The van der Waals surface area contributed by atoms with Crippen molar-refractivity contribution < 1.29 is 4.79 Å². The van der Waals surface area contributed by atoms with Gasteiger partial charge in [0.05, 0.1) is 11.9 Å². The molecular weight excluding hydrogens is 322 g/mol. The molecule has 1 amide bonds. The highest BCUT2D eigenvalue weighted by Crippen LogP contribution is 2.17. The van der Waals surface area contributed by atoms with Crippen molar-refractivity contribution in [2.24, 2.45) is 0 Å². The van der Waals surface area contributed by atoms with Crippen LogP contribution < -0.4 is 10.6 Å². The number of carbonyl (C=O) groups excluding carboxylic acids is 1. The van der Waals surface area contributed by atoms with Gasteiger partial charge in [-0.05, 0) is 28.9 Å². The number of imidazole rings is 1. The van der Waals surface area contributed by atoms with Crippen LogP contribution in [0.2, 0.25) is 0 Å². The van der Waals surface area contributed by atoms with E-state index in [2.05, 4.69) is 41.5 Å². The zero-order chi connectivity index (χ0) is 14.4. The van der Waals surface area contributed by atoms with Gasteiger partial charge in [-0.1, -0.05) is 0 Å². The van der Waals surface area contributed by atoms with Crippen LogP contribution in [0.5, 0.6) is 0 Å². The lowest BCUT2D eigenvalue weighted by Crippen LogP contribution is -2.27. The first-order valence-corrected chi connectivity index (χ1v) is 7.15. The van der Waals surface area contributed by atoms with Gasteiger partial charge in [-0.15, -0.1) is 0 Å². The number of rotatable bonds is 6. The van der Waals surface area contributed by atoms with Gasteiger partial charge in [-0.25, -0.2) is 9.97 Å². The molecule has 0 unspecified atom stereocenters. The Kier molecular flexibility index (Phi) is 5.11. The Morgan fingerprint density at radius 2 is 2.30 bits per heavy atom. The van der Waals surface area contributed by atoms with Crippen LogP contribution in [0.25, 0.3) is 0 Å². The van der Waals surface area contributed by atoms with Crippen LogP contribution in [0.4, 0.5) is 5.82 Å². The minimum atomic E-state index is -0.144. The van der Waals surface area contributed by atoms with Crippen LogP contribution in [-0.4, -0.2) is 33.9 Å². The number of anilines is 1. The standard InChI is InChI=1S/C13H16BrN5O/c1-2-16-12-11(5-9(14)6-18-12)13(20)17-4-3-10-7-15-8-19-10/h5-8H,2-4H2,1H3,(H,15,19)(H,16,18)(H,17,20). The number of carbonyl (C=O) groups is 1. The van der Waals surface area contributed by atoms with E-state index >= 15 is 0 Å². The molecule has 0 fully saturated rings. The van der Waals surface area contributed by atoms with Gasteiger partial charge >= 0.3 is 0 Å². The highest BCUT2D eigenvalue weighted by atomic mass is 79.9. The van der Waals surface area contributed by atoms with E-state index in [0.717, 1.165) is 10.2 Å². The van der Waals surface area contributed by atoms with Crippen molar-refractivity contribution in [1.82, 2.24) is 20.3 Å². The number of aromatic amines is 1. The summed E-state index contributed by atoms with van der Waals surface area (Å²) in [6.07, 6.45) is 5.75. The quantitative estimate of drug-likeness (QED) is 0.752. The third-order valence-electron chi connectivity index (χ3n) is 2.68. The first-order valence-electron chi connectivity index (χ1n) is 6.35. The molecule has 0 aromatic carbocycles. The number of aromatic nitrogens is 3. The van der Waals surface area contributed by atoms with Crippen LogP contribution in [-0.2, 0) is 6.42 Å². The summed E-state index contributed by atoms with van der Waals surface area (Å²) in [5.74, 6) is 0.448. The molecule has 2 aromatic rings. The Morgan fingerprint density at radius 1 is 1.45 bits per heavy atom. The van der Waals surface area contributed by atoms with Crippen molar-refractivity contribution in [1.29, 1.82) is 0 Å². The Morgan fingerprint density at radius 3 is 3.00 bits per heavy atom. The van der Waals surface area contributed by atoms with E-state index in [-0.39, 0.29) is 5.91 Å². The van der Waals surface area contributed by atoms with E-state index in [1.54, 1.807) is 24.8 Å². The molecule has 0 saturated heterocycles. The van der Waals surface area contributed by atoms with E-state index in [9.17, 15) is 4.79 Å². The molecule has 2 rings (SSSR count). The maximum Gasteiger partial charge on any atom is 0.255 e. The number of H-pyrrole nitrogens is 1. The molecule has 20 heavy (non-hydrogen) atoms. The third kappa shape index (κ3) is 3.80. The van der Waals surface area contributed by atoms with E-state index < -0.39 is 0 Å². The Balaban J connectivity index is 1.99. The minimum absolute atomic E-state index is 0.144. The summed E-state index contributed by atoms with van der Waals surface area (Å²) in [6, 6.07) is 1.76. The highest BCUT2D eigenvalue weighted by molar-refractivity contribution is 9.10. The van der Waals surface area contributed by atoms with Crippen molar-refractivity contribution >= 4 is 27.7 Å². The van der Waals surface area contributed by atoms with Crippen LogP contribution in [0.15, 0.2) is 29.3 Å². The van der Waals surface area contributed by atoms with Gasteiger partial charge in [0.15, 0.2) is 0 Å². The molecule has 2 heterocycles. The van der Waals surface area contributed by atoms with Crippen molar-refractivity contribution in [3.05, 3.63) is 40.5 Å². The van der Waals surface area contributed by atoms with Crippen molar-refractivity contribution in [2.45, 2.75) is 13.3 Å². The summed E-state index contributed by atoms with van der Waals surface area (Å²) >= 11 is 3.33. The second-order valence-corrected chi connectivity index (χ2v) is 5.08. The van der Waals surface area contributed by atoms with Crippen molar-refractivity contribution in [2.75, 3.05) is 18.4 Å². The SMILES string of the molecule is CCNc1ncc(Br)cc1C(=O)NCCc1cnc[nH]1. The van der Waals surface area contributed by atoms with E-state index in [4.69, 9.17) is 0 Å². The molecule has 0 atom stereocenters. The first-order chi connectivity index (χ1) is 9.70. The number of pyridine rings is 1. The van der Waals surface area contributed by atoms with E-state index in [1.165, 1.54) is 0 Å². The van der Waals surface area contributed by atoms with Crippen LogP contribution in [0, 0.1) is 0 Å². The number of hydrogen-bond acceptors (Lipinski definition) is 4. The smallest absolute Gasteiger partial charge is 0.255 e. The highest BCUT2D eigenvalue weighted by Gasteiger charge is 2.12. The molecule has 0 radical (unpaired) electrons. The fourth-order valence-corrected chi connectivity index (χ4v) is 2.08. The monoisotopic (exact) mass is 337 g/mol. The Labute approximate surface area is 125 Å². The lowest BCUT2D eigenvalue weighted by Gasteiger charge is -2.10. The fraction of sp³-hybridized carbons (Fsp3) is 0.308. The summed E-state index contributed by atoms with van der Waals surface area (Å²) in [5, 5.41) is 5.95. The van der Waals surface area contributed by atoms with Gasteiger partial charge in [0.1, 0.15) is 5.82 Å². The summed E-state index contributed by atoms with van der Waals surface area (Å²) in [5.41, 5.74) is 1.52. The van der Waals surface area contributed by atoms with Crippen molar-refractivity contribution in [3.63, 3.8) is 0 Å². The average molecular weight is 338 g/mol. The van der Waals surface area contributed by atoms with Gasteiger partial charge in [0.2, 0.25) is 0 Å². The fourth-order valence-electron chi connectivity index (χ4n) is 1.75. The predicted octanol–water partition coefficient (Wildman–Crippen LogP) is 1.97. The molecule has 0 aliphatic carbocycles. The number of hydrogen-bond donors (Lipinski definition) is 3. The predicted molar refractivity (Wildman–Crippen MR) is 80.7 cm³/mol. The van der Waals surface area contributed by atoms with Gasteiger partial charge in [0.25, 0.3) is 5.91 Å². The summed E-state index contributed by atoms with van der Waals surface area (Å²) < 4.78 is 0.776. The molecule has 2 aromatic heterocycles. The average Bonchev–Trinajstić information content (AvgIpc) is 2.94. The summed E-state index contributed by atoms with van der Waals surface area (Å²) in [6.45, 7) is 3.21. The van der Waals surface area contributed by atoms with Crippen LogP contribution in [0.3, 0.4) is 0 Å². The maximum atomic E-state index is 12.2. The lowest BCUT2D eigenvalue weighted by atomic mass is 10.2. The molecule has 0 bridgehead atoms. The van der Waals surface area contributed by atoms with Gasteiger partial charge in [-0.2, -0.15) is 0 Å². The zero-order valence-corrected chi connectivity index (χ0v) is 12.7. The normalized spacial score (nSPS) is 10.3. The first kappa shape index (κ1) is 14.5. The number of nitrogens with one attached hydrogen (secondary N) is 3. The molecule has 0 spiro atoms. The molecule has 7 heteroatoms. The largest absolute Gasteiger partial charge is 0.370 e. The molecule has 106 valence electrons. The number of amides is 1. The van der Waals surface area contributed by atoms with Gasteiger partial charge in [-0.3, -0.25) is 4.79 Å². The van der Waals surface area contributed by atoms with E-state index in [1.807, 2.05) is 6.92 Å². The minimum Gasteiger partial charge on any atom is -0.370 e. The van der Waals surface area contributed by atoms with E-state index in [0.29, 0.717) is 30.9 Å². The summed E-state index contributed by atoms with van der Waals surface area (Å²) in [4.78, 5) is 23.3. The maximum absolute atomic E-state index is 12.2. The van der Waals surface area contributed by atoms with Gasteiger partial charge < -0.3 is 15.6 Å². The topological polar surface area (TPSA) is 82.7 Å². The van der Waals surface area contributed by atoms with Crippen molar-refractivity contribution in [3.8, 4) is 0 Å². The Bertz CT molecular complexity index is 570. The number of halogens is 1. The molecule has 3 N–H and O–H groups in total. The molecule has 6 nitrogen and oxygen atoms in total. The third-order valence-corrected chi connectivity index (χ3v) is 3.11. The molecule has 0 aliphatic heterocycles. The second-order valence-electron chi connectivity index (χ2n) is 4.16. The van der Waals surface area contributed by atoms with Gasteiger partial charge in [0, 0.05) is 42.1 Å². The number of nitrogens with zero attached hydrogens (tertiary/aromatic N) is 2.